The Morgan fingerprint density at radius 3 is 2.73 bits per heavy atom. The molecule has 2 unspecified atom stereocenters. The Balaban J connectivity index is 1.35. The Kier molecular flexibility index (Phi) is 6.00. The van der Waals surface area contributed by atoms with Crippen molar-refractivity contribution in [1.29, 1.82) is 0 Å². The molecule has 0 bridgehead atoms. The summed E-state index contributed by atoms with van der Waals surface area (Å²) in [6.45, 7) is 3.39. The maximum Gasteiger partial charge on any atom is 0.418 e. The number of halogens is 3. The molecule has 1 aliphatic heterocycles. The number of rotatable bonds is 7. The molecule has 33 heavy (non-hydrogen) atoms. The van der Waals surface area contributed by atoms with Gasteiger partial charge in [0.1, 0.15) is 5.01 Å². The quantitative estimate of drug-likeness (QED) is 0.515. The fraction of sp³-hybridized carbons (Fsp3) is 0.522. The van der Waals surface area contributed by atoms with E-state index in [1.165, 1.54) is 17.4 Å². The van der Waals surface area contributed by atoms with E-state index < -0.39 is 11.7 Å². The molecule has 2 aromatic heterocycles. The highest BCUT2D eigenvalue weighted by molar-refractivity contribution is 7.15. The minimum absolute atomic E-state index is 0.0183. The van der Waals surface area contributed by atoms with Gasteiger partial charge in [-0.1, -0.05) is 11.3 Å². The van der Waals surface area contributed by atoms with Gasteiger partial charge in [-0.15, -0.1) is 10.2 Å². The normalized spacial score (nSPS) is 21.1. The Bertz CT molecular complexity index is 1160. The van der Waals surface area contributed by atoms with E-state index in [1.807, 2.05) is 19.1 Å². The van der Waals surface area contributed by atoms with Crippen molar-refractivity contribution in [2.24, 2.45) is 0 Å². The molecular weight excluding hydrogens is 451 g/mol. The zero-order valence-corrected chi connectivity index (χ0v) is 19.3. The number of nitrogens with zero attached hydrogens (tertiary/aromatic N) is 3. The zero-order chi connectivity index (χ0) is 23.2. The van der Waals surface area contributed by atoms with Crippen molar-refractivity contribution in [2.75, 3.05) is 25.5 Å². The SMILES string of the molecule is COC1CNC(CNc2nnc(Cc3cc(C)c4cc(C5CC5)cc(C(F)(F)F)c4n3)s2)C1. The lowest BCUT2D eigenvalue weighted by molar-refractivity contribution is -0.136. The summed E-state index contributed by atoms with van der Waals surface area (Å²) in [7, 11) is 1.71. The lowest BCUT2D eigenvalue weighted by atomic mass is 9.98. The van der Waals surface area contributed by atoms with Gasteiger partial charge in [0.25, 0.3) is 0 Å². The van der Waals surface area contributed by atoms with Gasteiger partial charge in [0, 0.05) is 43.7 Å². The van der Waals surface area contributed by atoms with E-state index >= 15 is 0 Å². The second-order valence-corrected chi connectivity index (χ2v) is 9.99. The van der Waals surface area contributed by atoms with Crippen LogP contribution in [0.1, 0.15) is 52.6 Å². The topological polar surface area (TPSA) is 72.0 Å². The number of hydrogen-bond acceptors (Lipinski definition) is 7. The van der Waals surface area contributed by atoms with Crippen LogP contribution in [0.3, 0.4) is 0 Å². The third kappa shape index (κ3) is 4.97. The Morgan fingerprint density at radius 1 is 1.21 bits per heavy atom. The van der Waals surface area contributed by atoms with Crippen LogP contribution in [0, 0.1) is 6.92 Å². The van der Waals surface area contributed by atoms with Crippen molar-refractivity contribution < 1.29 is 17.9 Å². The van der Waals surface area contributed by atoms with Crippen LogP contribution < -0.4 is 10.6 Å². The largest absolute Gasteiger partial charge is 0.418 e. The third-order valence-corrected chi connectivity index (χ3v) is 7.24. The van der Waals surface area contributed by atoms with E-state index in [1.54, 1.807) is 7.11 Å². The summed E-state index contributed by atoms with van der Waals surface area (Å²) in [6.07, 6.45) is -1.05. The highest BCUT2D eigenvalue weighted by Gasteiger charge is 2.36. The number of alkyl halides is 3. The molecular formula is C23H26F3N5OS. The third-order valence-electron chi connectivity index (χ3n) is 6.36. The van der Waals surface area contributed by atoms with Gasteiger partial charge in [0.05, 0.1) is 17.2 Å². The molecule has 6 nitrogen and oxygen atoms in total. The first-order valence-corrected chi connectivity index (χ1v) is 12.0. The summed E-state index contributed by atoms with van der Waals surface area (Å²) >= 11 is 1.40. The van der Waals surface area contributed by atoms with Gasteiger partial charge in [-0.2, -0.15) is 13.2 Å². The average molecular weight is 478 g/mol. The van der Waals surface area contributed by atoms with E-state index in [2.05, 4.69) is 25.8 Å². The molecule has 2 aliphatic rings. The number of pyridine rings is 1. The number of benzene rings is 1. The van der Waals surface area contributed by atoms with E-state index in [0.717, 1.165) is 36.9 Å². The molecule has 1 saturated heterocycles. The van der Waals surface area contributed by atoms with E-state index in [-0.39, 0.29) is 17.5 Å². The summed E-state index contributed by atoms with van der Waals surface area (Å²) in [5, 5.41) is 17.1. The van der Waals surface area contributed by atoms with Crippen molar-refractivity contribution in [2.45, 2.75) is 56.8 Å². The first-order valence-electron chi connectivity index (χ1n) is 11.1. The van der Waals surface area contributed by atoms with Crippen LogP contribution in [0.2, 0.25) is 0 Å². The van der Waals surface area contributed by atoms with Crippen LogP contribution in [0.4, 0.5) is 18.3 Å². The van der Waals surface area contributed by atoms with Gasteiger partial charge >= 0.3 is 6.18 Å². The van der Waals surface area contributed by atoms with Gasteiger partial charge in [0.2, 0.25) is 5.13 Å². The minimum Gasteiger partial charge on any atom is -0.380 e. The molecule has 1 saturated carbocycles. The molecule has 0 spiro atoms. The van der Waals surface area contributed by atoms with E-state index in [0.29, 0.717) is 40.2 Å². The molecule has 0 amide bonds. The Morgan fingerprint density at radius 2 is 2.03 bits per heavy atom. The van der Waals surface area contributed by atoms with Gasteiger partial charge < -0.3 is 15.4 Å². The Hall–Kier alpha value is -2.30. The van der Waals surface area contributed by atoms with Crippen LogP contribution in [0.15, 0.2) is 18.2 Å². The van der Waals surface area contributed by atoms with Gasteiger partial charge in [-0.3, -0.25) is 4.98 Å². The summed E-state index contributed by atoms with van der Waals surface area (Å²) in [4.78, 5) is 4.43. The number of aryl methyl sites for hydroxylation is 1. The second kappa shape index (κ2) is 8.81. The van der Waals surface area contributed by atoms with Crippen molar-refractivity contribution in [1.82, 2.24) is 20.5 Å². The molecule has 1 aliphatic carbocycles. The maximum atomic E-state index is 13.9. The molecule has 2 fully saturated rings. The van der Waals surface area contributed by atoms with Crippen LogP contribution in [-0.4, -0.2) is 47.5 Å². The van der Waals surface area contributed by atoms with Crippen LogP contribution >= 0.6 is 11.3 Å². The van der Waals surface area contributed by atoms with Crippen LogP contribution in [0.25, 0.3) is 10.9 Å². The standard InChI is InChI=1S/C23H26F3N5OS/c1-12-5-15(9-20-30-31-22(33-20)28-10-16-8-17(32-2)11-27-16)29-21-18(12)6-14(13-3-4-13)7-19(21)23(24,25)26/h5-7,13,16-17,27H,3-4,8-11H2,1-2H3,(H,28,31). The van der Waals surface area contributed by atoms with E-state index in [9.17, 15) is 13.2 Å². The van der Waals surface area contributed by atoms with Gasteiger partial charge in [-0.05, 0) is 61.4 Å². The summed E-state index contributed by atoms with van der Waals surface area (Å²) in [5.74, 6) is 0.238. The highest BCUT2D eigenvalue weighted by Crippen LogP contribution is 2.44. The van der Waals surface area contributed by atoms with Crippen molar-refractivity contribution >= 4 is 27.4 Å². The number of nitrogens with one attached hydrogen (secondary N) is 2. The fourth-order valence-corrected chi connectivity index (χ4v) is 5.18. The molecule has 2 N–H and O–H groups in total. The monoisotopic (exact) mass is 477 g/mol. The zero-order valence-electron chi connectivity index (χ0n) is 18.5. The lowest BCUT2D eigenvalue weighted by Gasteiger charge is -2.15. The average Bonchev–Trinajstić information content (AvgIpc) is 3.35. The van der Waals surface area contributed by atoms with Crippen molar-refractivity contribution in [3.63, 3.8) is 0 Å². The highest BCUT2D eigenvalue weighted by atomic mass is 32.1. The first-order chi connectivity index (χ1) is 15.8. The predicted molar refractivity (Wildman–Crippen MR) is 122 cm³/mol. The van der Waals surface area contributed by atoms with Crippen LogP contribution in [-0.2, 0) is 17.3 Å². The van der Waals surface area contributed by atoms with Crippen molar-refractivity contribution in [3.8, 4) is 0 Å². The molecule has 3 heterocycles. The summed E-state index contributed by atoms with van der Waals surface area (Å²) < 4.78 is 46.9. The van der Waals surface area contributed by atoms with Crippen molar-refractivity contribution in [3.05, 3.63) is 45.6 Å². The lowest BCUT2D eigenvalue weighted by Crippen LogP contribution is -2.29. The summed E-state index contributed by atoms with van der Waals surface area (Å²) in [5.41, 5.74) is 1.49. The molecule has 2 atom stereocenters. The maximum absolute atomic E-state index is 13.9. The first kappa shape index (κ1) is 22.5. The molecule has 0 radical (unpaired) electrons. The van der Waals surface area contributed by atoms with E-state index in [4.69, 9.17) is 4.74 Å². The number of anilines is 1. The summed E-state index contributed by atoms with van der Waals surface area (Å²) in [6, 6.07) is 5.33. The predicted octanol–water partition coefficient (Wildman–Crippen LogP) is 4.67. The number of ether oxygens (including phenoxy) is 1. The molecule has 5 rings (SSSR count). The van der Waals surface area contributed by atoms with Gasteiger partial charge in [0.15, 0.2) is 0 Å². The number of aromatic nitrogens is 3. The minimum atomic E-state index is -4.45. The van der Waals surface area contributed by atoms with Gasteiger partial charge in [-0.25, -0.2) is 0 Å². The van der Waals surface area contributed by atoms with Crippen LogP contribution in [0.5, 0.6) is 0 Å². The number of methoxy groups -OCH3 is 1. The molecule has 176 valence electrons. The second-order valence-electron chi connectivity index (χ2n) is 8.92. The smallest absolute Gasteiger partial charge is 0.380 e. The number of hydrogen-bond donors (Lipinski definition) is 2. The number of fused-ring (bicyclic) bond motifs is 1. The Labute approximate surface area is 194 Å². The molecule has 1 aromatic carbocycles. The molecule has 10 heteroatoms. The molecule has 3 aromatic rings. The fourth-order valence-electron chi connectivity index (χ4n) is 4.42.